The van der Waals surface area contributed by atoms with E-state index in [2.05, 4.69) is 5.32 Å². The van der Waals surface area contributed by atoms with Gasteiger partial charge < -0.3 is 10.4 Å². The van der Waals surface area contributed by atoms with Crippen LogP contribution < -0.4 is 5.32 Å². The predicted octanol–water partition coefficient (Wildman–Crippen LogP) is 2.58. The summed E-state index contributed by atoms with van der Waals surface area (Å²) in [5.41, 5.74) is 3.32. The molecule has 2 unspecified atom stereocenters. The second-order valence-corrected chi connectivity index (χ2v) is 4.39. The number of hydrogen-bond donors (Lipinski definition) is 2. The molecule has 1 aromatic rings. The summed E-state index contributed by atoms with van der Waals surface area (Å²) in [4.78, 5) is 0. The minimum atomic E-state index is -2.70. The first-order valence-electron chi connectivity index (χ1n) is 5.68. The number of benzene rings is 1. The Morgan fingerprint density at radius 3 is 2.53 bits per heavy atom. The number of aliphatic hydroxyl groups excluding tert-OH is 1. The van der Waals surface area contributed by atoms with Crippen molar-refractivity contribution >= 4 is 0 Å². The minimum absolute atomic E-state index is 0.0525. The van der Waals surface area contributed by atoms with Crippen LogP contribution in [0, 0.1) is 13.8 Å². The predicted molar refractivity (Wildman–Crippen MR) is 64.3 cm³/mol. The highest BCUT2D eigenvalue weighted by Gasteiger charge is 2.18. The summed E-state index contributed by atoms with van der Waals surface area (Å²) in [6.45, 7) is 5.77. The van der Waals surface area contributed by atoms with E-state index in [9.17, 15) is 8.78 Å². The quantitative estimate of drug-likeness (QED) is 0.833. The molecule has 0 fully saturated rings. The van der Waals surface area contributed by atoms with Crippen LogP contribution in [0.4, 0.5) is 8.78 Å². The van der Waals surface area contributed by atoms with Crippen molar-refractivity contribution in [1.29, 1.82) is 0 Å². The topological polar surface area (TPSA) is 32.3 Å². The van der Waals surface area contributed by atoms with Crippen molar-refractivity contribution in [1.82, 2.24) is 5.32 Å². The van der Waals surface area contributed by atoms with Gasteiger partial charge in [-0.25, -0.2) is 8.78 Å². The standard InChI is InChI=1S/C13H19F2NO/c1-8-4-5-9(2)11(6-8)10(3)16-7-12(17)13(14)15/h4-6,10,12-13,16-17H,7H2,1-3H3. The fourth-order valence-corrected chi connectivity index (χ4v) is 1.72. The number of alkyl halides is 2. The lowest BCUT2D eigenvalue weighted by Gasteiger charge is -2.19. The van der Waals surface area contributed by atoms with Gasteiger partial charge in [-0.3, -0.25) is 0 Å². The van der Waals surface area contributed by atoms with Crippen molar-refractivity contribution in [3.8, 4) is 0 Å². The monoisotopic (exact) mass is 243 g/mol. The Kier molecular flexibility index (Phi) is 5.02. The molecule has 1 rings (SSSR count). The van der Waals surface area contributed by atoms with Crippen molar-refractivity contribution in [3.05, 3.63) is 34.9 Å². The Balaban J connectivity index is 2.63. The summed E-state index contributed by atoms with van der Waals surface area (Å²) in [5.74, 6) is 0. The highest BCUT2D eigenvalue weighted by atomic mass is 19.3. The van der Waals surface area contributed by atoms with Crippen molar-refractivity contribution in [2.24, 2.45) is 0 Å². The lowest BCUT2D eigenvalue weighted by molar-refractivity contribution is -0.00440. The molecule has 0 radical (unpaired) electrons. The van der Waals surface area contributed by atoms with Crippen molar-refractivity contribution in [3.63, 3.8) is 0 Å². The maximum absolute atomic E-state index is 12.1. The third kappa shape index (κ3) is 4.06. The van der Waals surface area contributed by atoms with E-state index in [1.807, 2.05) is 39.0 Å². The summed E-state index contributed by atoms with van der Waals surface area (Å²) in [5, 5.41) is 12.0. The van der Waals surface area contributed by atoms with E-state index in [1.165, 1.54) is 0 Å². The van der Waals surface area contributed by atoms with E-state index in [1.54, 1.807) is 0 Å². The molecule has 0 aromatic heterocycles. The zero-order valence-electron chi connectivity index (χ0n) is 10.4. The molecule has 0 saturated heterocycles. The lowest BCUT2D eigenvalue weighted by Crippen LogP contribution is -2.33. The molecule has 2 nitrogen and oxygen atoms in total. The third-order valence-electron chi connectivity index (χ3n) is 2.83. The summed E-state index contributed by atoms with van der Waals surface area (Å²) < 4.78 is 24.3. The van der Waals surface area contributed by atoms with Crippen LogP contribution in [0.2, 0.25) is 0 Å². The average Bonchev–Trinajstić information content (AvgIpc) is 2.28. The third-order valence-corrected chi connectivity index (χ3v) is 2.83. The molecule has 0 amide bonds. The van der Waals surface area contributed by atoms with Gasteiger partial charge in [0.1, 0.15) is 6.10 Å². The molecule has 0 aliphatic rings. The van der Waals surface area contributed by atoms with Crippen LogP contribution in [0.25, 0.3) is 0 Å². The van der Waals surface area contributed by atoms with Crippen molar-refractivity contribution < 1.29 is 13.9 Å². The first-order valence-corrected chi connectivity index (χ1v) is 5.68. The van der Waals surface area contributed by atoms with Gasteiger partial charge in [0.25, 0.3) is 6.43 Å². The van der Waals surface area contributed by atoms with Crippen LogP contribution in [0.3, 0.4) is 0 Å². The molecular formula is C13H19F2NO. The SMILES string of the molecule is Cc1ccc(C)c(C(C)NCC(O)C(F)F)c1. The van der Waals surface area contributed by atoms with Crippen LogP contribution in [-0.4, -0.2) is 24.2 Å². The molecule has 0 spiro atoms. The molecule has 0 aliphatic heterocycles. The summed E-state index contributed by atoms with van der Waals surface area (Å²) in [7, 11) is 0. The molecule has 0 saturated carbocycles. The Hall–Kier alpha value is -1.00. The van der Waals surface area contributed by atoms with Gasteiger partial charge in [-0.15, -0.1) is 0 Å². The molecule has 17 heavy (non-hydrogen) atoms. The van der Waals surface area contributed by atoms with Gasteiger partial charge in [-0.1, -0.05) is 23.8 Å². The number of nitrogens with one attached hydrogen (secondary N) is 1. The van der Waals surface area contributed by atoms with Gasteiger partial charge >= 0.3 is 0 Å². The Labute approximate surface area is 101 Å². The molecular weight excluding hydrogens is 224 g/mol. The maximum atomic E-state index is 12.1. The second kappa shape index (κ2) is 6.07. The Morgan fingerprint density at radius 1 is 1.29 bits per heavy atom. The van der Waals surface area contributed by atoms with Crippen molar-refractivity contribution in [2.75, 3.05) is 6.54 Å². The van der Waals surface area contributed by atoms with Gasteiger partial charge in [0.2, 0.25) is 0 Å². The van der Waals surface area contributed by atoms with Crippen LogP contribution in [-0.2, 0) is 0 Å². The first-order chi connectivity index (χ1) is 7.91. The molecule has 2 N–H and O–H groups in total. The largest absolute Gasteiger partial charge is 0.386 e. The molecule has 4 heteroatoms. The highest BCUT2D eigenvalue weighted by molar-refractivity contribution is 5.32. The maximum Gasteiger partial charge on any atom is 0.265 e. The summed E-state index contributed by atoms with van der Waals surface area (Å²) in [6.07, 6.45) is -4.31. The number of aliphatic hydroxyl groups is 1. The highest BCUT2D eigenvalue weighted by Crippen LogP contribution is 2.18. The summed E-state index contributed by atoms with van der Waals surface area (Å²) in [6, 6.07) is 6.00. The Bertz CT molecular complexity index is 368. The van der Waals surface area contributed by atoms with Crippen LogP contribution >= 0.6 is 0 Å². The molecule has 0 aliphatic carbocycles. The van der Waals surface area contributed by atoms with E-state index < -0.39 is 12.5 Å². The molecule has 0 bridgehead atoms. The van der Waals surface area contributed by atoms with E-state index >= 15 is 0 Å². The van der Waals surface area contributed by atoms with Crippen LogP contribution in [0.5, 0.6) is 0 Å². The van der Waals surface area contributed by atoms with Crippen LogP contribution in [0.15, 0.2) is 18.2 Å². The number of halogens is 2. The van der Waals surface area contributed by atoms with E-state index in [-0.39, 0.29) is 12.6 Å². The van der Waals surface area contributed by atoms with Crippen molar-refractivity contribution in [2.45, 2.75) is 39.3 Å². The van der Waals surface area contributed by atoms with Gasteiger partial charge in [0.05, 0.1) is 0 Å². The van der Waals surface area contributed by atoms with E-state index in [0.717, 1.165) is 16.7 Å². The average molecular weight is 243 g/mol. The fraction of sp³-hybridized carbons (Fsp3) is 0.538. The summed E-state index contributed by atoms with van der Waals surface area (Å²) >= 11 is 0. The molecule has 2 atom stereocenters. The smallest absolute Gasteiger partial charge is 0.265 e. The van der Waals surface area contributed by atoms with Gasteiger partial charge in [0.15, 0.2) is 0 Å². The van der Waals surface area contributed by atoms with Crippen LogP contribution in [0.1, 0.15) is 29.7 Å². The zero-order valence-corrected chi connectivity index (χ0v) is 10.4. The zero-order chi connectivity index (χ0) is 13.0. The first kappa shape index (κ1) is 14.1. The number of aryl methyl sites for hydroxylation is 2. The van der Waals surface area contributed by atoms with E-state index in [0.29, 0.717) is 0 Å². The lowest BCUT2D eigenvalue weighted by atomic mass is 10.00. The molecule has 96 valence electrons. The normalized spacial score (nSPS) is 15.0. The molecule has 1 aromatic carbocycles. The van der Waals surface area contributed by atoms with E-state index in [4.69, 9.17) is 5.11 Å². The Morgan fingerprint density at radius 2 is 1.94 bits per heavy atom. The van der Waals surface area contributed by atoms with Gasteiger partial charge in [-0.05, 0) is 31.9 Å². The fourth-order valence-electron chi connectivity index (χ4n) is 1.72. The second-order valence-electron chi connectivity index (χ2n) is 4.39. The van der Waals surface area contributed by atoms with Gasteiger partial charge in [-0.2, -0.15) is 0 Å². The van der Waals surface area contributed by atoms with Gasteiger partial charge in [0, 0.05) is 12.6 Å². The molecule has 0 heterocycles. The minimum Gasteiger partial charge on any atom is -0.386 e. The number of hydrogen-bond acceptors (Lipinski definition) is 2. The number of rotatable bonds is 5.